The average Bonchev–Trinajstić information content (AvgIpc) is 2.17. The summed E-state index contributed by atoms with van der Waals surface area (Å²) < 4.78 is 42.5. The Morgan fingerprint density at radius 2 is 2.00 bits per heavy atom. The molecule has 2 N–H and O–H groups in total. The Morgan fingerprint density at radius 1 is 1.41 bits per heavy atom. The van der Waals surface area contributed by atoms with Crippen LogP contribution in [0.5, 0.6) is 5.75 Å². The Morgan fingerprint density at radius 3 is 2.53 bits per heavy atom. The van der Waals surface area contributed by atoms with E-state index >= 15 is 0 Å². The Kier molecular flexibility index (Phi) is 7.26. The minimum atomic E-state index is -4.57. The molecule has 1 aromatic carbocycles. The Balaban J connectivity index is 0.00000256. The van der Waals surface area contributed by atoms with Crippen molar-refractivity contribution in [2.75, 3.05) is 13.7 Å². The van der Waals surface area contributed by atoms with Crippen LogP contribution >= 0.6 is 0 Å². The average molecular weight is 269 g/mol. The first-order valence-corrected chi connectivity index (χ1v) is 5.82. The van der Waals surface area contributed by atoms with E-state index in [0.29, 0.717) is 0 Å². The zero-order chi connectivity index (χ0) is 12.2. The van der Waals surface area contributed by atoms with E-state index in [0.717, 1.165) is 6.07 Å². The van der Waals surface area contributed by atoms with Crippen molar-refractivity contribution in [2.45, 2.75) is 11.1 Å². The molecular weight excluding hydrogens is 257 g/mol. The van der Waals surface area contributed by atoms with Crippen LogP contribution < -0.4 is 40.0 Å². The fraction of sp³-hybridized carbons (Fsp3) is 0.333. The molecule has 0 spiro atoms. The first-order chi connectivity index (χ1) is 7.45. The van der Waals surface area contributed by atoms with Gasteiger partial charge in [0.2, 0.25) is 0 Å². The van der Waals surface area contributed by atoms with Gasteiger partial charge >= 0.3 is 29.6 Å². The molecule has 0 aliphatic heterocycles. The fourth-order valence-electron chi connectivity index (χ4n) is 1.12. The van der Waals surface area contributed by atoms with Gasteiger partial charge in [0.05, 0.1) is 11.5 Å². The van der Waals surface area contributed by atoms with Crippen LogP contribution in [0.25, 0.3) is 0 Å². The Bertz CT molecular complexity index is 450. The third-order valence-electron chi connectivity index (χ3n) is 1.73. The summed E-state index contributed by atoms with van der Waals surface area (Å²) in [6.07, 6.45) is -0.826. The SMILES string of the molecule is COCC(N)Oc1ccccc1S(=O)(=O)[O-].[Na+]. The number of methoxy groups -OCH3 is 1. The molecule has 90 valence electrons. The van der Waals surface area contributed by atoms with Gasteiger partial charge in [-0.1, -0.05) is 12.1 Å². The Labute approximate surface area is 122 Å². The van der Waals surface area contributed by atoms with Gasteiger partial charge < -0.3 is 14.0 Å². The van der Waals surface area contributed by atoms with Gasteiger partial charge in [-0.05, 0) is 12.1 Å². The molecule has 0 saturated carbocycles. The Hall–Kier alpha value is -0.150. The second kappa shape index (κ2) is 7.32. The van der Waals surface area contributed by atoms with Gasteiger partial charge in [-0.25, -0.2) is 8.42 Å². The minimum Gasteiger partial charge on any atom is -0.744 e. The molecule has 0 heterocycles. The third kappa shape index (κ3) is 5.35. The molecular formula is C9H12NNaO5S. The van der Waals surface area contributed by atoms with Gasteiger partial charge in [-0.2, -0.15) is 0 Å². The van der Waals surface area contributed by atoms with Crippen molar-refractivity contribution >= 4 is 10.1 Å². The van der Waals surface area contributed by atoms with E-state index in [4.69, 9.17) is 15.2 Å². The largest absolute Gasteiger partial charge is 1.00 e. The van der Waals surface area contributed by atoms with Gasteiger partial charge in [0.25, 0.3) is 0 Å². The van der Waals surface area contributed by atoms with Crippen LogP contribution in [0.3, 0.4) is 0 Å². The topological polar surface area (TPSA) is 102 Å². The molecule has 0 radical (unpaired) electrons. The molecule has 0 fully saturated rings. The molecule has 1 atom stereocenters. The summed E-state index contributed by atoms with van der Waals surface area (Å²) in [6.45, 7) is 0.0905. The molecule has 1 aromatic rings. The molecule has 8 heteroatoms. The van der Waals surface area contributed by atoms with Crippen LogP contribution in [0.2, 0.25) is 0 Å². The van der Waals surface area contributed by atoms with Crippen LogP contribution in [0.15, 0.2) is 29.2 Å². The van der Waals surface area contributed by atoms with Gasteiger partial charge in [-0.15, -0.1) is 0 Å². The van der Waals surface area contributed by atoms with Crippen LogP contribution in [-0.4, -0.2) is 32.9 Å². The van der Waals surface area contributed by atoms with E-state index in [1.54, 1.807) is 6.07 Å². The quantitative estimate of drug-likeness (QED) is 0.345. The van der Waals surface area contributed by atoms with E-state index in [1.807, 2.05) is 0 Å². The van der Waals surface area contributed by atoms with Crippen LogP contribution in [-0.2, 0) is 14.9 Å². The van der Waals surface area contributed by atoms with Crippen molar-refractivity contribution in [3.63, 3.8) is 0 Å². The van der Waals surface area contributed by atoms with Crippen molar-refractivity contribution in [3.8, 4) is 5.75 Å². The number of nitrogens with two attached hydrogens (primary N) is 1. The predicted octanol–water partition coefficient (Wildman–Crippen LogP) is -3.10. The maximum absolute atomic E-state index is 10.9. The fourth-order valence-corrected chi connectivity index (χ4v) is 1.72. The number of benzene rings is 1. The number of ether oxygens (including phenoxy) is 2. The van der Waals surface area contributed by atoms with E-state index in [-0.39, 0.29) is 41.9 Å². The van der Waals surface area contributed by atoms with Crippen molar-refractivity contribution in [2.24, 2.45) is 5.73 Å². The van der Waals surface area contributed by atoms with Crippen molar-refractivity contribution in [1.82, 2.24) is 0 Å². The normalized spacial score (nSPS) is 12.6. The summed E-state index contributed by atoms with van der Waals surface area (Å²) >= 11 is 0. The molecule has 1 rings (SSSR count). The van der Waals surface area contributed by atoms with E-state index in [2.05, 4.69) is 0 Å². The second-order valence-electron chi connectivity index (χ2n) is 3.01. The van der Waals surface area contributed by atoms with Crippen molar-refractivity contribution < 1.29 is 52.0 Å². The second-order valence-corrected chi connectivity index (χ2v) is 4.36. The zero-order valence-corrected chi connectivity index (χ0v) is 12.4. The first kappa shape index (κ1) is 16.9. The van der Waals surface area contributed by atoms with E-state index in [9.17, 15) is 13.0 Å². The first-order valence-electron chi connectivity index (χ1n) is 4.41. The summed E-state index contributed by atoms with van der Waals surface area (Å²) in [5.74, 6) is -0.0675. The number of hydrogen-bond donors (Lipinski definition) is 1. The zero-order valence-electron chi connectivity index (χ0n) is 9.62. The summed E-state index contributed by atoms with van der Waals surface area (Å²) in [6, 6.07) is 5.50. The van der Waals surface area contributed by atoms with Crippen LogP contribution in [0, 0.1) is 0 Å². The maximum atomic E-state index is 10.9. The number of hydrogen-bond acceptors (Lipinski definition) is 6. The van der Waals surface area contributed by atoms with Gasteiger partial charge in [0, 0.05) is 7.11 Å². The smallest absolute Gasteiger partial charge is 0.744 e. The third-order valence-corrected chi connectivity index (χ3v) is 2.60. The van der Waals surface area contributed by atoms with Crippen LogP contribution in [0.4, 0.5) is 0 Å². The van der Waals surface area contributed by atoms with Crippen molar-refractivity contribution in [1.29, 1.82) is 0 Å². The van der Waals surface area contributed by atoms with Gasteiger partial charge in [-0.3, -0.25) is 5.73 Å². The molecule has 0 aliphatic carbocycles. The maximum Gasteiger partial charge on any atom is 1.00 e. The summed E-state index contributed by atoms with van der Waals surface area (Å²) in [5, 5.41) is 0. The monoisotopic (exact) mass is 269 g/mol. The molecule has 0 amide bonds. The van der Waals surface area contributed by atoms with Crippen LogP contribution in [0.1, 0.15) is 0 Å². The molecule has 0 saturated heterocycles. The molecule has 0 aromatic heterocycles. The minimum absolute atomic E-state index is 0. The van der Waals surface area contributed by atoms with Gasteiger partial charge in [0.1, 0.15) is 15.9 Å². The standard InChI is InChI=1S/C9H13NO5S.Na/c1-14-6-9(10)15-7-4-2-3-5-8(7)16(11,12)13;/h2-5,9H,6,10H2,1H3,(H,11,12,13);/q;+1/p-1. The van der Waals surface area contributed by atoms with E-state index < -0.39 is 21.2 Å². The number of rotatable bonds is 5. The summed E-state index contributed by atoms with van der Waals surface area (Å²) in [5.41, 5.74) is 5.48. The molecule has 1 unspecified atom stereocenters. The van der Waals surface area contributed by atoms with Gasteiger partial charge in [0.15, 0.2) is 6.23 Å². The molecule has 17 heavy (non-hydrogen) atoms. The van der Waals surface area contributed by atoms with Crippen molar-refractivity contribution in [3.05, 3.63) is 24.3 Å². The summed E-state index contributed by atoms with van der Waals surface area (Å²) in [4.78, 5) is -0.429. The molecule has 0 aliphatic rings. The molecule has 0 bridgehead atoms. The number of para-hydroxylation sites is 1. The molecule has 6 nitrogen and oxygen atoms in total. The van der Waals surface area contributed by atoms with E-state index in [1.165, 1.54) is 19.2 Å². The predicted molar refractivity (Wildman–Crippen MR) is 54.9 cm³/mol. The summed E-state index contributed by atoms with van der Waals surface area (Å²) in [7, 11) is -3.14.